The Hall–Kier alpha value is -1.63. The van der Waals surface area contributed by atoms with Crippen molar-refractivity contribution < 1.29 is 4.79 Å². The van der Waals surface area contributed by atoms with Gasteiger partial charge < -0.3 is 4.90 Å². The van der Waals surface area contributed by atoms with Crippen molar-refractivity contribution in [2.75, 3.05) is 7.05 Å². The molecule has 0 saturated carbocycles. The second-order valence-corrected chi connectivity index (χ2v) is 6.18. The number of aromatic nitrogens is 4. The zero-order valence-corrected chi connectivity index (χ0v) is 14.5. The van der Waals surface area contributed by atoms with Gasteiger partial charge >= 0.3 is 0 Å². The summed E-state index contributed by atoms with van der Waals surface area (Å²) in [5.74, 6) is 0.0215. The van der Waals surface area contributed by atoms with Gasteiger partial charge in [0.25, 0.3) is 0 Å². The molecular weight excluding hydrogens is 334 g/mol. The van der Waals surface area contributed by atoms with Crippen molar-refractivity contribution in [3.8, 4) is 0 Å². The van der Waals surface area contributed by atoms with Gasteiger partial charge in [0, 0.05) is 38.6 Å². The Morgan fingerprint density at radius 3 is 2.48 bits per heavy atom. The summed E-state index contributed by atoms with van der Waals surface area (Å²) < 4.78 is 4.36. The minimum absolute atomic E-state index is 0.0215. The highest BCUT2D eigenvalue weighted by Gasteiger charge is 2.21. The minimum atomic E-state index is -0.336. The molecule has 2 aromatic heterocycles. The average molecular weight is 354 g/mol. The van der Waals surface area contributed by atoms with Crippen LogP contribution in [0.1, 0.15) is 29.9 Å². The van der Waals surface area contributed by atoms with E-state index >= 15 is 0 Å². The predicted octanol–water partition coefficient (Wildman–Crippen LogP) is 2.22. The van der Waals surface area contributed by atoms with Crippen molar-refractivity contribution in [2.24, 2.45) is 7.05 Å². The van der Waals surface area contributed by atoms with Crippen LogP contribution in [0.3, 0.4) is 0 Å². The second kappa shape index (κ2) is 6.01. The lowest BCUT2D eigenvalue weighted by Crippen LogP contribution is -2.33. The van der Waals surface area contributed by atoms with Crippen LogP contribution in [0.25, 0.3) is 0 Å². The van der Waals surface area contributed by atoms with Crippen LogP contribution in [0.2, 0.25) is 0 Å². The summed E-state index contributed by atoms with van der Waals surface area (Å²) in [4.78, 5) is 14.2. The molecule has 2 rings (SSSR count). The van der Waals surface area contributed by atoms with Gasteiger partial charge in [-0.2, -0.15) is 10.2 Å². The van der Waals surface area contributed by atoms with E-state index in [1.807, 2.05) is 40.2 Å². The van der Waals surface area contributed by atoms with Gasteiger partial charge in [0.15, 0.2) is 0 Å². The fraction of sp³-hybridized carbons (Fsp3) is 0.500. The largest absolute Gasteiger partial charge is 0.339 e. The van der Waals surface area contributed by atoms with Crippen LogP contribution >= 0.6 is 15.9 Å². The lowest BCUT2D eigenvalue weighted by atomic mass is 10.2. The number of aryl methyl sites for hydroxylation is 3. The number of carbonyl (C=O) groups excluding carboxylic acids is 1. The highest BCUT2D eigenvalue weighted by Crippen LogP contribution is 2.18. The Kier molecular flexibility index (Phi) is 4.51. The third-order valence-corrected chi connectivity index (χ3v) is 4.29. The maximum atomic E-state index is 12.5. The van der Waals surface area contributed by atoms with Gasteiger partial charge in [0.2, 0.25) is 5.91 Å². The van der Waals surface area contributed by atoms with E-state index in [1.54, 1.807) is 21.3 Å². The first-order valence-corrected chi connectivity index (χ1v) is 7.54. The number of nitrogens with zero attached hydrogens (tertiary/aromatic N) is 5. The van der Waals surface area contributed by atoms with Crippen molar-refractivity contribution in [2.45, 2.75) is 33.4 Å². The van der Waals surface area contributed by atoms with Crippen molar-refractivity contribution in [1.82, 2.24) is 24.5 Å². The summed E-state index contributed by atoms with van der Waals surface area (Å²) in [5, 5.41) is 8.64. The molecule has 2 aromatic rings. The molecule has 0 fully saturated rings. The van der Waals surface area contributed by atoms with Gasteiger partial charge in [-0.1, -0.05) is 0 Å². The van der Waals surface area contributed by atoms with E-state index in [4.69, 9.17) is 0 Å². The van der Waals surface area contributed by atoms with Crippen LogP contribution < -0.4 is 0 Å². The highest BCUT2D eigenvalue weighted by molar-refractivity contribution is 9.10. The Bertz CT molecular complexity index is 641. The molecule has 0 spiro atoms. The fourth-order valence-electron chi connectivity index (χ4n) is 2.23. The van der Waals surface area contributed by atoms with E-state index in [0.29, 0.717) is 6.54 Å². The molecule has 7 heteroatoms. The number of carbonyl (C=O) groups is 1. The van der Waals surface area contributed by atoms with Crippen LogP contribution in [-0.2, 0) is 18.4 Å². The number of hydrogen-bond donors (Lipinski definition) is 0. The third kappa shape index (κ3) is 3.34. The number of likely N-dealkylation sites (N-methyl/N-ethyl adjacent to an activating group) is 1. The molecule has 0 unspecified atom stereocenters. The molecular formula is C14H20BrN5O. The molecule has 114 valence electrons. The van der Waals surface area contributed by atoms with Crippen molar-refractivity contribution in [1.29, 1.82) is 0 Å². The van der Waals surface area contributed by atoms with Gasteiger partial charge in [-0.05, 0) is 36.7 Å². The van der Waals surface area contributed by atoms with E-state index in [0.717, 1.165) is 21.4 Å². The molecule has 21 heavy (non-hydrogen) atoms. The van der Waals surface area contributed by atoms with Gasteiger partial charge in [0.05, 0.1) is 15.9 Å². The van der Waals surface area contributed by atoms with E-state index in [9.17, 15) is 4.79 Å². The van der Waals surface area contributed by atoms with Crippen LogP contribution in [-0.4, -0.2) is 37.4 Å². The molecule has 1 atom stereocenters. The summed E-state index contributed by atoms with van der Waals surface area (Å²) in [5.41, 5.74) is 2.88. The Labute approximate surface area is 132 Å². The highest BCUT2D eigenvalue weighted by atomic mass is 79.9. The Morgan fingerprint density at radius 2 is 2.00 bits per heavy atom. The van der Waals surface area contributed by atoms with E-state index in [1.165, 1.54) is 0 Å². The van der Waals surface area contributed by atoms with Crippen LogP contribution in [0.5, 0.6) is 0 Å². The molecule has 0 aliphatic heterocycles. The average Bonchev–Trinajstić information content (AvgIpc) is 2.91. The number of hydrogen-bond acceptors (Lipinski definition) is 3. The zero-order valence-electron chi connectivity index (χ0n) is 13.0. The van der Waals surface area contributed by atoms with Crippen LogP contribution in [0.4, 0.5) is 0 Å². The molecule has 2 heterocycles. The maximum Gasteiger partial charge on any atom is 0.247 e. The molecule has 0 bridgehead atoms. The lowest BCUT2D eigenvalue weighted by molar-refractivity contribution is -0.133. The smallest absolute Gasteiger partial charge is 0.247 e. The number of halogens is 1. The number of rotatable bonds is 4. The van der Waals surface area contributed by atoms with Gasteiger partial charge in [-0.25, -0.2) is 0 Å². The van der Waals surface area contributed by atoms with Crippen LogP contribution in [0, 0.1) is 13.8 Å². The first-order chi connectivity index (χ1) is 9.79. The first-order valence-electron chi connectivity index (χ1n) is 6.75. The van der Waals surface area contributed by atoms with Gasteiger partial charge in [-0.3, -0.25) is 14.2 Å². The predicted molar refractivity (Wildman–Crippen MR) is 83.8 cm³/mol. The molecule has 1 amide bonds. The lowest BCUT2D eigenvalue weighted by Gasteiger charge is -2.21. The molecule has 0 saturated heterocycles. The van der Waals surface area contributed by atoms with Crippen LogP contribution in [0.15, 0.2) is 16.9 Å². The molecule has 0 aliphatic rings. The van der Waals surface area contributed by atoms with Crippen molar-refractivity contribution in [3.05, 3.63) is 33.8 Å². The summed E-state index contributed by atoms with van der Waals surface area (Å²) in [6.07, 6.45) is 3.78. The number of amides is 1. The second-order valence-electron chi connectivity index (χ2n) is 5.33. The topological polar surface area (TPSA) is 56.0 Å². The van der Waals surface area contributed by atoms with E-state index < -0.39 is 0 Å². The van der Waals surface area contributed by atoms with E-state index in [2.05, 4.69) is 26.1 Å². The first kappa shape index (κ1) is 15.8. The fourth-order valence-corrected chi connectivity index (χ4v) is 2.52. The zero-order chi connectivity index (χ0) is 15.7. The van der Waals surface area contributed by atoms with Gasteiger partial charge in [-0.15, -0.1) is 0 Å². The summed E-state index contributed by atoms with van der Waals surface area (Å²) in [7, 11) is 3.68. The maximum absolute atomic E-state index is 12.5. The monoisotopic (exact) mass is 353 g/mol. The quantitative estimate of drug-likeness (QED) is 0.846. The SMILES string of the molecule is Cc1nn([C@H](C)C(=O)N(C)Cc2cn(C)nc2C)cc1Br. The minimum Gasteiger partial charge on any atom is -0.339 e. The standard InChI is InChI=1S/C14H20BrN5O/c1-9-12(7-19(5)16-9)6-18(4)14(21)11(3)20-8-13(15)10(2)17-20/h7-8,11H,6H2,1-5H3/t11-/m1/s1. The van der Waals surface area contributed by atoms with Gasteiger partial charge in [0.1, 0.15) is 6.04 Å². The normalized spacial score (nSPS) is 12.5. The summed E-state index contributed by atoms with van der Waals surface area (Å²) >= 11 is 3.42. The molecule has 0 aliphatic carbocycles. The molecule has 0 N–H and O–H groups in total. The summed E-state index contributed by atoms with van der Waals surface area (Å²) in [6, 6.07) is -0.336. The molecule has 6 nitrogen and oxygen atoms in total. The third-order valence-electron chi connectivity index (χ3n) is 3.51. The Morgan fingerprint density at radius 1 is 1.33 bits per heavy atom. The molecule has 0 radical (unpaired) electrons. The summed E-state index contributed by atoms with van der Waals surface area (Å²) in [6.45, 7) is 6.25. The molecule has 0 aromatic carbocycles. The van der Waals surface area contributed by atoms with Crippen molar-refractivity contribution in [3.63, 3.8) is 0 Å². The van der Waals surface area contributed by atoms with E-state index in [-0.39, 0.29) is 11.9 Å². The Balaban J connectivity index is 2.10. The van der Waals surface area contributed by atoms with Crippen molar-refractivity contribution >= 4 is 21.8 Å².